The highest BCUT2D eigenvalue weighted by atomic mass is 16.1. The average Bonchev–Trinajstić information content (AvgIpc) is 2.40. The molecule has 0 aliphatic carbocycles. The molecule has 2 heterocycles. The van der Waals surface area contributed by atoms with Crippen LogP contribution in [0.4, 0.5) is 5.69 Å². The first-order chi connectivity index (χ1) is 8.77. The highest BCUT2D eigenvalue weighted by Gasteiger charge is 2.08. The molecule has 0 saturated carbocycles. The lowest BCUT2D eigenvalue weighted by Gasteiger charge is -2.10. The average molecular weight is 237 g/mol. The van der Waals surface area contributed by atoms with Gasteiger partial charge in [-0.3, -0.25) is 9.36 Å². The highest BCUT2D eigenvalue weighted by molar-refractivity contribution is 5.88. The predicted molar refractivity (Wildman–Crippen MR) is 71.8 cm³/mol. The van der Waals surface area contributed by atoms with Gasteiger partial charge in [0.25, 0.3) is 5.56 Å². The summed E-state index contributed by atoms with van der Waals surface area (Å²) in [4.78, 5) is 16.4. The quantitative estimate of drug-likeness (QED) is 0.703. The number of nitrogens with zero attached hydrogens (tertiary/aromatic N) is 2. The molecule has 0 aliphatic heterocycles. The number of anilines is 1. The molecule has 2 N–H and O–H groups in total. The number of aromatic nitrogens is 2. The fraction of sp³-hybridized carbons (Fsp3) is 0. The van der Waals surface area contributed by atoms with Gasteiger partial charge in [-0.25, -0.2) is 4.98 Å². The van der Waals surface area contributed by atoms with Crippen molar-refractivity contribution < 1.29 is 0 Å². The molecule has 0 amide bonds. The van der Waals surface area contributed by atoms with Gasteiger partial charge in [0.15, 0.2) is 0 Å². The van der Waals surface area contributed by atoms with Crippen LogP contribution in [0.5, 0.6) is 0 Å². The number of pyridine rings is 2. The molecule has 4 heteroatoms. The number of para-hydroxylation sites is 1. The molecule has 4 nitrogen and oxygen atoms in total. The van der Waals surface area contributed by atoms with Crippen molar-refractivity contribution in [2.24, 2.45) is 0 Å². The second kappa shape index (κ2) is 4.00. The summed E-state index contributed by atoms with van der Waals surface area (Å²) in [6.07, 6.45) is 1.65. The van der Waals surface area contributed by atoms with Crippen molar-refractivity contribution in [3.8, 4) is 5.69 Å². The van der Waals surface area contributed by atoms with Gasteiger partial charge in [-0.2, -0.15) is 0 Å². The summed E-state index contributed by atoms with van der Waals surface area (Å²) >= 11 is 0. The zero-order valence-electron chi connectivity index (χ0n) is 9.58. The summed E-state index contributed by atoms with van der Waals surface area (Å²) in [5, 5.41) is 0.779. The molecule has 88 valence electrons. The largest absolute Gasteiger partial charge is 0.398 e. The molecule has 0 bridgehead atoms. The summed E-state index contributed by atoms with van der Waals surface area (Å²) in [6, 6.07) is 14.5. The number of hydrogen-bond acceptors (Lipinski definition) is 3. The van der Waals surface area contributed by atoms with E-state index < -0.39 is 0 Å². The number of nitrogen functional groups attached to an aromatic ring is 1. The second-order valence-corrected chi connectivity index (χ2v) is 3.98. The van der Waals surface area contributed by atoms with Crippen LogP contribution in [0.2, 0.25) is 0 Å². The van der Waals surface area contributed by atoms with E-state index in [1.165, 1.54) is 6.07 Å². The molecule has 18 heavy (non-hydrogen) atoms. The summed E-state index contributed by atoms with van der Waals surface area (Å²) < 4.78 is 1.56. The lowest BCUT2D eigenvalue weighted by atomic mass is 10.2. The molecule has 0 unspecified atom stereocenters. The predicted octanol–water partition coefficient (Wildman–Crippen LogP) is 1.97. The first kappa shape index (κ1) is 10.5. The molecule has 3 rings (SSSR count). The van der Waals surface area contributed by atoms with E-state index in [9.17, 15) is 4.79 Å². The molecule has 3 aromatic rings. The minimum Gasteiger partial charge on any atom is -0.398 e. The van der Waals surface area contributed by atoms with E-state index in [0.717, 1.165) is 11.1 Å². The number of benzene rings is 1. The summed E-state index contributed by atoms with van der Waals surface area (Å²) in [5.41, 5.74) is 7.49. The number of fused-ring (bicyclic) bond motifs is 1. The standard InChI is InChI=1S/C14H11N3O/c15-12-9-13(18)17(10-5-2-1-3-6-10)14-11(12)7-4-8-16-14/h1-9H,15H2. The third kappa shape index (κ3) is 1.55. The molecule has 0 aliphatic rings. The van der Waals surface area contributed by atoms with Gasteiger partial charge in [-0.05, 0) is 24.3 Å². The van der Waals surface area contributed by atoms with E-state index in [1.54, 1.807) is 16.8 Å². The van der Waals surface area contributed by atoms with Crippen LogP contribution >= 0.6 is 0 Å². The molecule has 1 aromatic carbocycles. The van der Waals surface area contributed by atoms with Crippen molar-refractivity contribution in [2.75, 3.05) is 5.73 Å². The Bertz CT molecular complexity index is 763. The van der Waals surface area contributed by atoms with Crippen LogP contribution in [0.15, 0.2) is 59.5 Å². The normalized spacial score (nSPS) is 10.7. The van der Waals surface area contributed by atoms with E-state index in [0.29, 0.717) is 11.3 Å². The summed E-state index contributed by atoms with van der Waals surface area (Å²) in [6.45, 7) is 0. The Morgan fingerprint density at radius 1 is 1.06 bits per heavy atom. The van der Waals surface area contributed by atoms with Gasteiger partial charge in [0.1, 0.15) is 5.65 Å². The Balaban J connectivity index is 2.46. The minimum atomic E-state index is -0.176. The van der Waals surface area contributed by atoms with Crippen molar-refractivity contribution in [2.45, 2.75) is 0 Å². The molecule has 0 saturated heterocycles. The zero-order valence-corrected chi connectivity index (χ0v) is 9.58. The molecular formula is C14H11N3O. The van der Waals surface area contributed by atoms with Crippen LogP contribution in [0.1, 0.15) is 0 Å². The molecule has 0 fully saturated rings. The van der Waals surface area contributed by atoms with E-state index in [2.05, 4.69) is 4.98 Å². The van der Waals surface area contributed by atoms with Gasteiger partial charge in [-0.15, -0.1) is 0 Å². The smallest absolute Gasteiger partial charge is 0.258 e. The lowest BCUT2D eigenvalue weighted by Crippen LogP contribution is -2.19. The van der Waals surface area contributed by atoms with Crippen LogP contribution in [-0.2, 0) is 0 Å². The van der Waals surface area contributed by atoms with Crippen LogP contribution in [0.25, 0.3) is 16.7 Å². The third-order valence-corrected chi connectivity index (χ3v) is 2.82. The molecule has 0 radical (unpaired) electrons. The minimum absolute atomic E-state index is 0.176. The number of hydrogen-bond donors (Lipinski definition) is 1. The van der Waals surface area contributed by atoms with E-state index in [4.69, 9.17) is 5.73 Å². The van der Waals surface area contributed by atoms with Gasteiger partial charge >= 0.3 is 0 Å². The Morgan fingerprint density at radius 3 is 2.61 bits per heavy atom. The maximum atomic E-state index is 12.1. The first-order valence-electron chi connectivity index (χ1n) is 5.59. The maximum Gasteiger partial charge on any atom is 0.258 e. The second-order valence-electron chi connectivity index (χ2n) is 3.98. The van der Waals surface area contributed by atoms with Crippen LogP contribution in [-0.4, -0.2) is 9.55 Å². The molecule has 2 aromatic heterocycles. The van der Waals surface area contributed by atoms with Crippen molar-refractivity contribution in [3.63, 3.8) is 0 Å². The van der Waals surface area contributed by atoms with Crippen molar-refractivity contribution in [3.05, 3.63) is 65.1 Å². The topological polar surface area (TPSA) is 60.9 Å². The van der Waals surface area contributed by atoms with Crippen molar-refractivity contribution in [1.82, 2.24) is 9.55 Å². The number of rotatable bonds is 1. The molecule has 0 spiro atoms. The Labute approximate surface area is 103 Å². The summed E-state index contributed by atoms with van der Waals surface area (Å²) in [7, 11) is 0. The van der Waals surface area contributed by atoms with Crippen LogP contribution in [0, 0.1) is 0 Å². The zero-order chi connectivity index (χ0) is 12.5. The van der Waals surface area contributed by atoms with Crippen molar-refractivity contribution in [1.29, 1.82) is 0 Å². The monoisotopic (exact) mass is 237 g/mol. The fourth-order valence-electron chi connectivity index (χ4n) is 2.01. The highest BCUT2D eigenvalue weighted by Crippen LogP contribution is 2.18. The van der Waals surface area contributed by atoms with Crippen LogP contribution < -0.4 is 11.3 Å². The van der Waals surface area contributed by atoms with Crippen molar-refractivity contribution >= 4 is 16.7 Å². The Morgan fingerprint density at radius 2 is 1.83 bits per heavy atom. The maximum absolute atomic E-state index is 12.1. The SMILES string of the molecule is Nc1cc(=O)n(-c2ccccc2)c2ncccc12. The summed E-state index contributed by atoms with van der Waals surface area (Å²) in [5.74, 6) is 0. The third-order valence-electron chi connectivity index (χ3n) is 2.82. The molecular weight excluding hydrogens is 226 g/mol. The van der Waals surface area contributed by atoms with E-state index >= 15 is 0 Å². The van der Waals surface area contributed by atoms with Gasteiger partial charge in [-0.1, -0.05) is 18.2 Å². The van der Waals surface area contributed by atoms with E-state index in [1.807, 2.05) is 36.4 Å². The van der Waals surface area contributed by atoms with Gasteiger partial charge < -0.3 is 5.73 Å². The van der Waals surface area contributed by atoms with E-state index in [-0.39, 0.29) is 5.56 Å². The van der Waals surface area contributed by atoms with Crippen LogP contribution in [0.3, 0.4) is 0 Å². The molecule has 0 atom stereocenters. The number of nitrogens with two attached hydrogens (primary N) is 1. The van der Waals surface area contributed by atoms with Gasteiger partial charge in [0, 0.05) is 23.3 Å². The van der Waals surface area contributed by atoms with Gasteiger partial charge in [0.05, 0.1) is 5.69 Å². The lowest BCUT2D eigenvalue weighted by molar-refractivity contribution is 1.02. The first-order valence-corrected chi connectivity index (χ1v) is 5.59. The fourth-order valence-corrected chi connectivity index (χ4v) is 2.01. The Kier molecular flexibility index (Phi) is 2.34. The van der Waals surface area contributed by atoms with Gasteiger partial charge in [0.2, 0.25) is 0 Å². The Hall–Kier alpha value is -2.62.